The summed E-state index contributed by atoms with van der Waals surface area (Å²) in [5.41, 5.74) is 1.52. The number of aryl methyl sites for hydroxylation is 2. The van der Waals surface area contributed by atoms with Crippen LogP contribution in [0, 0.1) is 13.8 Å². The Kier molecular flexibility index (Phi) is 2.23. The third kappa shape index (κ3) is 1.61. The van der Waals surface area contributed by atoms with E-state index in [4.69, 9.17) is 9.15 Å². The molecule has 0 spiro atoms. The average molecular weight is 204 g/mol. The monoisotopic (exact) mass is 204 g/mol. The van der Waals surface area contributed by atoms with Crippen molar-refractivity contribution in [1.29, 1.82) is 0 Å². The van der Waals surface area contributed by atoms with Gasteiger partial charge in [-0.05, 0) is 31.5 Å². The molecule has 0 aliphatic rings. The molecule has 2 rings (SSSR count). The van der Waals surface area contributed by atoms with Crippen LogP contribution in [0.2, 0.25) is 0 Å². The molecule has 0 atom stereocenters. The Labute approximate surface area is 87.3 Å². The predicted octanol–water partition coefficient (Wildman–Crippen LogP) is 2.42. The zero-order valence-corrected chi connectivity index (χ0v) is 8.96. The van der Waals surface area contributed by atoms with Crippen molar-refractivity contribution in [3.05, 3.63) is 39.7 Å². The summed E-state index contributed by atoms with van der Waals surface area (Å²) < 4.78 is 10.7. The molecule has 0 aliphatic carbocycles. The molecule has 0 saturated heterocycles. The highest BCUT2D eigenvalue weighted by atomic mass is 16.5. The molecule has 78 valence electrons. The van der Waals surface area contributed by atoms with Gasteiger partial charge in [-0.25, -0.2) is 0 Å². The van der Waals surface area contributed by atoms with E-state index in [1.54, 1.807) is 14.0 Å². The van der Waals surface area contributed by atoms with Crippen molar-refractivity contribution in [3.63, 3.8) is 0 Å². The van der Waals surface area contributed by atoms with Gasteiger partial charge in [-0.15, -0.1) is 0 Å². The lowest BCUT2D eigenvalue weighted by Gasteiger charge is -2.06. The molecule has 0 bridgehead atoms. The summed E-state index contributed by atoms with van der Waals surface area (Å²) in [5, 5.41) is 0.508. The summed E-state index contributed by atoms with van der Waals surface area (Å²) in [6, 6.07) is 5.14. The van der Waals surface area contributed by atoms with Crippen LogP contribution in [0.5, 0.6) is 5.75 Å². The Morgan fingerprint density at radius 1 is 1.20 bits per heavy atom. The van der Waals surface area contributed by atoms with Crippen LogP contribution in [0.15, 0.2) is 27.4 Å². The Morgan fingerprint density at radius 2 is 1.93 bits per heavy atom. The number of rotatable bonds is 1. The molecule has 1 aromatic heterocycles. The summed E-state index contributed by atoms with van der Waals surface area (Å²) in [6.07, 6.45) is 0. The molecule has 0 saturated carbocycles. The first kappa shape index (κ1) is 9.77. The molecule has 0 fully saturated rings. The quantitative estimate of drug-likeness (QED) is 0.716. The van der Waals surface area contributed by atoms with E-state index >= 15 is 0 Å². The maximum Gasteiger partial charge on any atom is 0.196 e. The van der Waals surface area contributed by atoms with Crippen molar-refractivity contribution in [1.82, 2.24) is 0 Å². The average Bonchev–Trinajstić information content (AvgIpc) is 2.14. The number of benzene rings is 1. The Hall–Kier alpha value is -1.77. The minimum atomic E-state index is -0.0643. The van der Waals surface area contributed by atoms with Gasteiger partial charge in [0.1, 0.15) is 22.5 Å². The normalized spacial score (nSPS) is 10.6. The standard InChI is InChI=1S/C12H12O3/c1-7-4-10(14-3)12-9(13)6-8(2)15-11(12)5-7/h4-6H,1-3H3. The third-order valence-electron chi connectivity index (χ3n) is 2.28. The van der Waals surface area contributed by atoms with Gasteiger partial charge in [0.25, 0.3) is 0 Å². The van der Waals surface area contributed by atoms with Gasteiger partial charge in [0, 0.05) is 6.07 Å². The molecule has 3 heteroatoms. The van der Waals surface area contributed by atoms with E-state index in [2.05, 4.69) is 0 Å². The molecule has 0 radical (unpaired) electrons. The van der Waals surface area contributed by atoms with Crippen molar-refractivity contribution in [2.75, 3.05) is 7.11 Å². The zero-order chi connectivity index (χ0) is 11.0. The van der Waals surface area contributed by atoms with Gasteiger partial charge in [0.2, 0.25) is 0 Å². The van der Waals surface area contributed by atoms with Crippen LogP contribution in [-0.4, -0.2) is 7.11 Å². The summed E-state index contributed by atoms with van der Waals surface area (Å²) in [7, 11) is 1.55. The van der Waals surface area contributed by atoms with Gasteiger partial charge < -0.3 is 9.15 Å². The molecule has 0 unspecified atom stereocenters. The molecular formula is C12H12O3. The molecule has 3 nitrogen and oxygen atoms in total. The van der Waals surface area contributed by atoms with Crippen molar-refractivity contribution in [2.45, 2.75) is 13.8 Å². The second kappa shape index (κ2) is 3.42. The van der Waals surface area contributed by atoms with Gasteiger partial charge >= 0.3 is 0 Å². The Balaban J connectivity index is 2.96. The van der Waals surface area contributed by atoms with E-state index < -0.39 is 0 Å². The topological polar surface area (TPSA) is 39.4 Å². The Morgan fingerprint density at radius 3 is 2.60 bits per heavy atom. The first-order chi connectivity index (χ1) is 7.11. The predicted molar refractivity (Wildman–Crippen MR) is 58.5 cm³/mol. The number of hydrogen-bond acceptors (Lipinski definition) is 3. The molecule has 15 heavy (non-hydrogen) atoms. The van der Waals surface area contributed by atoms with Gasteiger partial charge in [-0.1, -0.05) is 0 Å². The summed E-state index contributed by atoms with van der Waals surface area (Å²) >= 11 is 0. The second-order valence-electron chi connectivity index (χ2n) is 3.56. The maximum absolute atomic E-state index is 11.8. The highest BCUT2D eigenvalue weighted by molar-refractivity contribution is 5.84. The van der Waals surface area contributed by atoms with E-state index in [0.717, 1.165) is 5.56 Å². The van der Waals surface area contributed by atoms with Crippen molar-refractivity contribution >= 4 is 11.0 Å². The van der Waals surface area contributed by atoms with E-state index in [9.17, 15) is 4.79 Å². The second-order valence-corrected chi connectivity index (χ2v) is 3.56. The minimum Gasteiger partial charge on any atom is -0.496 e. The van der Waals surface area contributed by atoms with Crippen LogP contribution in [0.25, 0.3) is 11.0 Å². The smallest absolute Gasteiger partial charge is 0.196 e. The molecule has 0 aliphatic heterocycles. The van der Waals surface area contributed by atoms with Crippen LogP contribution in [-0.2, 0) is 0 Å². The SMILES string of the molecule is COc1cc(C)cc2oc(C)cc(=O)c12. The number of methoxy groups -OCH3 is 1. The lowest BCUT2D eigenvalue weighted by Crippen LogP contribution is -2.02. The van der Waals surface area contributed by atoms with Crippen LogP contribution < -0.4 is 10.2 Å². The van der Waals surface area contributed by atoms with Gasteiger partial charge in [0.15, 0.2) is 5.43 Å². The van der Waals surface area contributed by atoms with Crippen molar-refractivity contribution in [2.24, 2.45) is 0 Å². The largest absolute Gasteiger partial charge is 0.496 e. The third-order valence-corrected chi connectivity index (χ3v) is 2.28. The lowest BCUT2D eigenvalue weighted by atomic mass is 10.1. The highest BCUT2D eigenvalue weighted by Crippen LogP contribution is 2.24. The van der Waals surface area contributed by atoms with Crippen LogP contribution in [0.3, 0.4) is 0 Å². The number of fused-ring (bicyclic) bond motifs is 1. The summed E-state index contributed by atoms with van der Waals surface area (Å²) in [4.78, 5) is 11.8. The molecular weight excluding hydrogens is 192 g/mol. The van der Waals surface area contributed by atoms with E-state index in [1.807, 2.05) is 19.1 Å². The van der Waals surface area contributed by atoms with Gasteiger partial charge in [-0.3, -0.25) is 4.79 Å². The summed E-state index contributed by atoms with van der Waals surface area (Å²) in [6.45, 7) is 3.69. The highest BCUT2D eigenvalue weighted by Gasteiger charge is 2.09. The lowest BCUT2D eigenvalue weighted by molar-refractivity contribution is 0.418. The molecule has 2 aromatic rings. The first-order valence-corrected chi connectivity index (χ1v) is 4.71. The number of hydrogen-bond donors (Lipinski definition) is 0. The van der Waals surface area contributed by atoms with Crippen LogP contribution >= 0.6 is 0 Å². The van der Waals surface area contributed by atoms with Crippen LogP contribution in [0.1, 0.15) is 11.3 Å². The molecule has 1 heterocycles. The summed E-state index contributed by atoms with van der Waals surface area (Å²) in [5.74, 6) is 1.18. The van der Waals surface area contributed by atoms with Crippen LogP contribution in [0.4, 0.5) is 0 Å². The number of ether oxygens (including phenoxy) is 1. The van der Waals surface area contributed by atoms with Gasteiger partial charge in [-0.2, -0.15) is 0 Å². The van der Waals surface area contributed by atoms with Crippen molar-refractivity contribution in [3.8, 4) is 5.75 Å². The fourth-order valence-electron chi connectivity index (χ4n) is 1.67. The fraction of sp³-hybridized carbons (Fsp3) is 0.250. The zero-order valence-electron chi connectivity index (χ0n) is 8.96. The minimum absolute atomic E-state index is 0.0643. The fourth-order valence-corrected chi connectivity index (χ4v) is 1.67. The first-order valence-electron chi connectivity index (χ1n) is 4.71. The van der Waals surface area contributed by atoms with E-state index in [0.29, 0.717) is 22.5 Å². The maximum atomic E-state index is 11.8. The van der Waals surface area contributed by atoms with E-state index in [1.165, 1.54) is 6.07 Å². The molecule has 0 N–H and O–H groups in total. The van der Waals surface area contributed by atoms with Gasteiger partial charge in [0.05, 0.1) is 7.11 Å². The van der Waals surface area contributed by atoms with Crippen molar-refractivity contribution < 1.29 is 9.15 Å². The Bertz CT molecular complexity index is 562. The van der Waals surface area contributed by atoms with E-state index in [-0.39, 0.29) is 5.43 Å². The molecule has 0 amide bonds. The molecule has 1 aromatic carbocycles.